The van der Waals surface area contributed by atoms with E-state index in [1.54, 1.807) is 47.1 Å². The summed E-state index contributed by atoms with van der Waals surface area (Å²) in [5.41, 5.74) is -0.235. The maximum Gasteiger partial charge on any atom is 0.262 e. The van der Waals surface area contributed by atoms with Crippen LogP contribution in [0.5, 0.6) is 0 Å². The summed E-state index contributed by atoms with van der Waals surface area (Å²) >= 11 is 0. The Kier molecular flexibility index (Phi) is 4.49. The number of aromatic nitrogens is 2. The Morgan fingerprint density at radius 3 is 2.50 bits per heavy atom. The maximum atomic E-state index is 14.1. The molecule has 36 heavy (non-hydrogen) atoms. The first-order chi connectivity index (χ1) is 17.1. The second-order valence-corrected chi connectivity index (χ2v) is 10.5. The van der Waals surface area contributed by atoms with Gasteiger partial charge < -0.3 is 10.0 Å². The van der Waals surface area contributed by atoms with E-state index in [0.29, 0.717) is 22.4 Å². The fourth-order valence-corrected chi connectivity index (χ4v) is 6.88. The summed E-state index contributed by atoms with van der Waals surface area (Å²) in [6.45, 7) is 11.1. The number of para-hydroxylation sites is 2. The summed E-state index contributed by atoms with van der Waals surface area (Å²) in [5.74, 6) is -0.249. The molecule has 0 bridgehead atoms. The number of allylic oxidation sites excluding steroid dienone is 1. The first kappa shape index (κ1) is 22.7. The van der Waals surface area contributed by atoms with Gasteiger partial charge in [0.15, 0.2) is 0 Å². The minimum absolute atomic E-state index is 0.239. The van der Waals surface area contributed by atoms with E-state index in [0.717, 1.165) is 5.56 Å². The smallest absolute Gasteiger partial charge is 0.262 e. The average Bonchev–Trinajstić information content (AvgIpc) is 3.32. The van der Waals surface area contributed by atoms with E-state index in [2.05, 4.69) is 6.58 Å². The van der Waals surface area contributed by atoms with Crippen LogP contribution in [0.3, 0.4) is 0 Å². The Morgan fingerprint density at radius 2 is 1.81 bits per heavy atom. The van der Waals surface area contributed by atoms with Crippen molar-refractivity contribution in [2.24, 2.45) is 5.41 Å². The second-order valence-electron chi connectivity index (χ2n) is 10.5. The summed E-state index contributed by atoms with van der Waals surface area (Å²) < 4.78 is 1.41. The molecule has 2 amide bonds. The Morgan fingerprint density at radius 1 is 1.14 bits per heavy atom. The molecule has 1 aromatic heterocycles. The number of rotatable bonds is 2. The van der Waals surface area contributed by atoms with E-state index in [4.69, 9.17) is 4.98 Å². The van der Waals surface area contributed by atoms with Gasteiger partial charge in [-0.1, -0.05) is 50.3 Å². The average molecular weight is 485 g/mol. The molecule has 0 aliphatic carbocycles. The molecular formula is C28H28N4O4. The molecule has 4 heterocycles. The molecule has 0 spiro atoms. The van der Waals surface area contributed by atoms with Crippen molar-refractivity contribution < 1.29 is 14.7 Å². The van der Waals surface area contributed by atoms with E-state index >= 15 is 0 Å². The Bertz CT molecular complexity index is 1540. The maximum absolute atomic E-state index is 14.1. The van der Waals surface area contributed by atoms with Crippen LogP contribution >= 0.6 is 0 Å². The van der Waals surface area contributed by atoms with Crippen LogP contribution in [-0.2, 0) is 15.0 Å². The Hall–Kier alpha value is -3.78. The second kappa shape index (κ2) is 7.13. The molecule has 0 unspecified atom stereocenters. The molecule has 5 atom stereocenters. The molecule has 8 heteroatoms. The largest absolute Gasteiger partial charge is 0.389 e. The van der Waals surface area contributed by atoms with Crippen LogP contribution < -0.4 is 10.5 Å². The van der Waals surface area contributed by atoms with Gasteiger partial charge >= 0.3 is 0 Å². The fraction of sp³-hybridized carbons (Fsp3) is 0.357. The predicted octanol–water partition coefficient (Wildman–Crippen LogP) is 3.06. The van der Waals surface area contributed by atoms with Crippen LogP contribution in [0.2, 0.25) is 0 Å². The van der Waals surface area contributed by atoms with E-state index in [9.17, 15) is 19.5 Å². The topological polar surface area (TPSA) is 95.7 Å². The Labute approximate surface area is 208 Å². The van der Waals surface area contributed by atoms with Crippen molar-refractivity contribution in [3.05, 3.63) is 82.9 Å². The van der Waals surface area contributed by atoms with Crippen molar-refractivity contribution in [3.8, 4) is 0 Å². The summed E-state index contributed by atoms with van der Waals surface area (Å²) in [6, 6.07) is 12.7. The number of fused-ring (bicyclic) bond motifs is 8. The number of aliphatic hydroxyl groups excluding tert-OH is 1. The fourth-order valence-electron chi connectivity index (χ4n) is 6.88. The van der Waals surface area contributed by atoms with Gasteiger partial charge in [-0.2, -0.15) is 0 Å². The van der Waals surface area contributed by atoms with Crippen molar-refractivity contribution in [2.45, 2.75) is 57.5 Å². The SMILES string of the molecule is C=CC(C)(C)[C@]12c3ccccc3N(C(C)=O)[C@H]1N1C(=O)[C@H](C)n3c(nc4ccccc4c3=O)[C@H]1[C@H]2O. The molecule has 1 N–H and O–H groups in total. The number of nitrogens with zero attached hydrogens (tertiary/aromatic N) is 4. The molecule has 6 rings (SSSR count). The predicted molar refractivity (Wildman–Crippen MR) is 135 cm³/mol. The molecule has 8 nitrogen and oxygen atoms in total. The molecular weight excluding hydrogens is 456 g/mol. The molecule has 184 valence electrons. The van der Waals surface area contributed by atoms with Crippen LogP contribution in [0.25, 0.3) is 10.9 Å². The number of carbonyl (C=O) groups excluding carboxylic acids is 2. The number of hydrogen-bond donors (Lipinski definition) is 1. The molecule has 3 aliphatic heterocycles. The summed E-state index contributed by atoms with van der Waals surface area (Å²) in [6.07, 6.45) is -0.207. The molecule has 1 fully saturated rings. The summed E-state index contributed by atoms with van der Waals surface area (Å²) in [7, 11) is 0. The van der Waals surface area contributed by atoms with E-state index < -0.39 is 35.2 Å². The number of benzene rings is 2. The third kappa shape index (κ3) is 2.38. The Balaban J connectivity index is 1.73. The van der Waals surface area contributed by atoms with Gasteiger partial charge in [-0.3, -0.25) is 23.9 Å². The van der Waals surface area contributed by atoms with Gasteiger partial charge in [-0.15, -0.1) is 6.58 Å². The minimum Gasteiger partial charge on any atom is -0.389 e. The lowest BCUT2D eigenvalue weighted by molar-refractivity contribution is -0.142. The van der Waals surface area contributed by atoms with E-state index in [1.807, 2.05) is 38.1 Å². The lowest BCUT2D eigenvalue weighted by Crippen LogP contribution is -2.60. The third-order valence-corrected chi connectivity index (χ3v) is 8.60. The van der Waals surface area contributed by atoms with Gasteiger partial charge in [-0.05, 0) is 36.1 Å². The highest BCUT2D eigenvalue weighted by Crippen LogP contribution is 2.65. The third-order valence-electron chi connectivity index (χ3n) is 8.60. The van der Waals surface area contributed by atoms with Gasteiger partial charge in [0.25, 0.3) is 5.56 Å². The van der Waals surface area contributed by atoms with E-state index in [1.165, 1.54) is 11.5 Å². The number of hydrogen-bond acceptors (Lipinski definition) is 5. The highest BCUT2D eigenvalue weighted by Gasteiger charge is 2.74. The zero-order chi connectivity index (χ0) is 25.7. The molecule has 3 aliphatic rings. The van der Waals surface area contributed by atoms with Crippen molar-refractivity contribution in [1.29, 1.82) is 0 Å². The van der Waals surface area contributed by atoms with Gasteiger partial charge in [0.2, 0.25) is 11.8 Å². The first-order valence-electron chi connectivity index (χ1n) is 12.1. The molecule has 3 aromatic rings. The van der Waals surface area contributed by atoms with Gasteiger partial charge in [-0.25, -0.2) is 4.98 Å². The van der Waals surface area contributed by atoms with Crippen LogP contribution in [-0.4, -0.2) is 43.6 Å². The highest BCUT2D eigenvalue weighted by atomic mass is 16.3. The normalized spacial score (nSPS) is 28.5. The zero-order valence-corrected chi connectivity index (χ0v) is 20.7. The number of carbonyl (C=O) groups is 2. The molecule has 1 saturated heterocycles. The molecule has 0 saturated carbocycles. The monoisotopic (exact) mass is 484 g/mol. The standard InChI is InChI=1S/C28H28N4O4/c1-6-27(4,5)28-18-12-8-10-14-20(18)31(16(3)33)26(28)32-21(22(28)34)23-29-19-13-9-7-11-17(19)25(36)30(23)15(2)24(32)35/h6-15,21-22,26,34H,1H2,2-5H3/t15-,21+,22+,26-,28-/m0/s1. The zero-order valence-electron chi connectivity index (χ0n) is 20.7. The van der Waals surface area contributed by atoms with Crippen LogP contribution in [0.4, 0.5) is 5.69 Å². The highest BCUT2D eigenvalue weighted by molar-refractivity contribution is 5.98. The van der Waals surface area contributed by atoms with Gasteiger partial charge in [0.05, 0.1) is 22.4 Å². The lowest BCUT2D eigenvalue weighted by Gasteiger charge is -2.46. The number of amides is 2. The van der Waals surface area contributed by atoms with Crippen molar-refractivity contribution in [2.75, 3.05) is 4.90 Å². The minimum atomic E-state index is -1.17. The number of anilines is 1. The van der Waals surface area contributed by atoms with Crippen molar-refractivity contribution in [1.82, 2.24) is 14.5 Å². The summed E-state index contributed by atoms with van der Waals surface area (Å²) in [5, 5.41) is 12.8. The quantitative estimate of drug-likeness (QED) is 0.564. The van der Waals surface area contributed by atoms with E-state index in [-0.39, 0.29) is 17.4 Å². The molecule has 2 aromatic carbocycles. The lowest BCUT2D eigenvalue weighted by atomic mass is 9.58. The van der Waals surface area contributed by atoms with Gasteiger partial charge in [0.1, 0.15) is 24.1 Å². The molecule has 0 radical (unpaired) electrons. The van der Waals surface area contributed by atoms with Crippen LogP contribution in [0, 0.1) is 5.41 Å². The first-order valence-corrected chi connectivity index (χ1v) is 12.1. The van der Waals surface area contributed by atoms with Crippen LogP contribution in [0.1, 0.15) is 51.2 Å². The van der Waals surface area contributed by atoms with Gasteiger partial charge in [0, 0.05) is 12.6 Å². The number of aliphatic hydroxyl groups is 1. The van der Waals surface area contributed by atoms with Crippen molar-refractivity contribution in [3.63, 3.8) is 0 Å². The van der Waals surface area contributed by atoms with Crippen LogP contribution in [0.15, 0.2) is 66.0 Å². The summed E-state index contributed by atoms with van der Waals surface area (Å²) in [4.78, 5) is 48.8. The van der Waals surface area contributed by atoms with Crippen molar-refractivity contribution >= 4 is 28.4 Å².